The maximum atomic E-state index is 10.9. The van der Waals surface area contributed by atoms with E-state index in [4.69, 9.17) is 9.84 Å². The molecule has 0 fully saturated rings. The summed E-state index contributed by atoms with van der Waals surface area (Å²) in [5, 5.41) is 19.9. The summed E-state index contributed by atoms with van der Waals surface area (Å²) >= 11 is 0. The van der Waals surface area contributed by atoms with E-state index in [2.05, 4.69) is 9.97 Å². The van der Waals surface area contributed by atoms with E-state index in [1.165, 1.54) is 18.2 Å². The molecule has 0 bridgehead atoms. The molecule has 1 heterocycles. The number of nitro benzene ring substituents is 1. The molecule has 0 radical (unpaired) electrons. The highest BCUT2D eigenvalue weighted by Crippen LogP contribution is 2.28. The highest BCUT2D eigenvalue weighted by Gasteiger charge is 2.15. The third kappa shape index (κ3) is 3.23. The van der Waals surface area contributed by atoms with Crippen molar-refractivity contribution in [2.75, 3.05) is 0 Å². The number of aliphatic hydroxyl groups excluding tert-OH is 1. The average molecular weight is 261 g/mol. The van der Waals surface area contributed by atoms with Crippen LogP contribution in [0.4, 0.5) is 5.69 Å². The fourth-order valence-electron chi connectivity index (χ4n) is 1.47. The van der Waals surface area contributed by atoms with Crippen molar-refractivity contribution >= 4 is 5.69 Å². The van der Waals surface area contributed by atoms with Crippen molar-refractivity contribution < 1.29 is 14.8 Å². The molecule has 7 nitrogen and oxygen atoms in total. The molecule has 19 heavy (non-hydrogen) atoms. The van der Waals surface area contributed by atoms with Gasteiger partial charge in [-0.15, -0.1) is 0 Å². The van der Waals surface area contributed by atoms with Gasteiger partial charge in [-0.05, 0) is 23.8 Å². The number of aliphatic hydroxyl groups is 1. The van der Waals surface area contributed by atoms with Crippen LogP contribution < -0.4 is 4.74 Å². The normalized spacial score (nSPS) is 10.2. The predicted octanol–water partition coefficient (Wildman–Crippen LogP) is 1.46. The van der Waals surface area contributed by atoms with Crippen LogP contribution in [-0.2, 0) is 13.2 Å². The summed E-state index contributed by atoms with van der Waals surface area (Å²) in [6.07, 6.45) is 3.12. The Kier molecular flexibility index (Phi) is 3.99. The third-order valence-corrected chi connectivity index (χ3v) is 2.38. The topological polar surface area (TPSA) is 98.4 Å². The van der Waals surface area contributed by atoms with Gasteiger partial charge in [-0.3, -0.25) is 10.1 Å². The first kappa shape index (κ1) is 12.9. The summed E-state index contributed by atoms with van der Waals surface area (Å²) in [6.45, 7) is -0.188. The van der Waals surface area contributed by atoms with E-state index in [1.807, 2.05) is 0 Å². The van der Waals surface area contributed by atoms with Crippen LogP contribution in [0.2, 0.25) is 0 Å². The highest BCUT2D eigenvalue weighted by atomic mass is 16.6. The number of hydrogen-bond donors (Lipinski definition) is 1. The Morgan fingerprint density at radius 3 is 2.68 bits per heavy atom. The minimum Gasteiger partial charge on any atom is -0.479 e. The van der Waals surface area contributed by atoms with E-state index >= 15 is 0 Å². The van der Waals surface area contributed by atoms with Gasteiger partial charge in [-0.2, -0.15) is 0 Å². The fourth-order valence-corrected chi connectivity index (χ4v) is 1.47. The number of nitro groups is 1. The molecule has 0 amide bonds. The Morgan fingerprint density at radius 2 is 2.05 bits per heavy atom. The number of ether oxygens (including phenoxy) is 1. The maximum absolute atomic E-state index is 10.9. The minimum atomic E-state index is -0.539. The Hall–Kier alpha value is -2.54. The van der Waals surface area contributed by atoms with Crippen molar-refractivity contribution in [1.29, 1.82) is 0 Å². The van der Waals surface area contributed by atoms with Gasteiger partial charge in [-0.1, -0.05) is 0 Å². The first-order valence-electron chi connectivity index (χ1n) is 5.47. The van der Waals surface area contributed by atoms with Crippen molar-refractivity contribution in [3.05, 3.63) is 58.2 Å². The lowest BCUT2D eigenvalue weighted by Crippen LogP contribution is -2.03. The summed E-state index contributed by atoms with van der Waals surface area (Å²) in [4.78, 5) is 18.2. The largest absolute Gasteiger partial charge is 0.479 e. The van der Waals surface area contributed by atoms with Crippen LogP contribution in [0.25, 0.3) is 0 Å². The van der Waals surface area contributed by atoms with E-state index in [1.54, 1.807) is 18.5 Å². The molecule has 0 aliphatic carbocycles. The number of hydrogen-bond acceptors (Lipinski definition) is 6. The second kappa shape index (κ2) is 5.87. The van der Waals surface area contributed by atoms with Gasteiger partial charge >= 0.3 is 5.69 Å². The molecular formula is C12H11N3O4. The van der Waals surface area contributed by atoms with Crippen molar-refractivity contribution in [3.8, 4) is 5.75 Å². The van der Waals surface area contributed by atoms with E-state index in [-0.39, 0.29) is 24.7 Å². The van der Waals surface area contributed by atoms with Crippen LogP contribution >= 0.6 is 0 Å². The van der Waals surface area contributed by atoms with Crippen molar-refractivity contribution in [2.24, 2.45) is 0 Å². The summed E-state index contributed by atoms with van der Waals surface area (Å²) in [7, 11) is 0. The number of aromatic nitrogens is 2. The van der Waals surface area contributed by atoms with Crippen LogP contribution in [0.15, 0.2) is 36.7 Å². The zero-order valence-electron chi connectivity index (χ0n) is 9.89. The highest BCUT2D eigenvalue weighted by molar-refractivity contribution is 5.48. The summed E-state index contributed by atoms with van der Waals surface area (Å²) in [6, 6.07) is 5.87. The van der Waals surface area contributed by atoms with Crippen LogP contribution in [0.3, 0.4) is 0 Å². The third-order valence-electron chi connectivity index (χ3n) is 2.38. The maximum Gasteiger partial charge on any atom is 0.310 e. The van der Waals surface area contributed by atoms with E-state index < -0.39 is 4.92 Å². The predicted molar refractivity (Wildman–Crippen MR) is 65.4 cm³/mol. The van der Waals surface area contributed by atoms with E-state index in [0.717, 1.165) is 0 Å². The SMILES string of the molecule is O=[N+]([O-])c1ccc(CO)cc1OCc1ncccn1. The van der Waals surface area contributed by atoms with Gasteiger partial charge < -0.3 is 9.84 Å². The van der Waals surface area contributed by atoms with Crippen molar-refractivity contribution in [1.82, 2.24) is 9.97 Å². The van der Waals surface area contributed by atoms with Crippen molar-refractivity contribution in [2.45, 2.75) is 13.2 Å². The molecule has 0 aliphatic heterocycles. The smallest absolute Gasteiger partial charge is 0.310 e. The van der Waals surface area contributed by atoms with Crippen LogP contribution in [0, 0.1) is 10.1 Å². The lowest BCUT2D eigenvalue weighted by Gasteiger charge is -2.07. The number of rotatable bonds is 5. The van der Waals surface area contributed by atoms with Gasteiger partial charge in [0, 0.05) is 18.5 Å². The molecule has 0 saturated heterocycles. The number of benzene rings is 1. The molecule has 7 heteroatoms. The molecule has 0 saturated carbocycles. The molecule has 1 aromatic heterocycles. The standard InChI is InChI=1S/C12H11N3O4/c16-7-9-2-3-10(15(17)18)11(6-9)19-8-12-13-4-1-5-14-12/h1-6,16H,7-8H2. The van der Waals surface area contributed by atoms with Crippen molar-refractivity contribution in [3.63, 3.8) is 0 Å². The number of nitrogens with zero attached hydrogens (tertiary/aromatic N) is 3. The monoisotopic (exact) mass is 261 g/mol. The molecule has 0 spiro atoms. The van der Waals surface area contributed by atoms with Gasteiger partial charge in [0.25, 0.3) is 0 Å². The van der Waals surface area contributed by atoms with Gasteiger partial charge in [0.2, 0.25) is 0 Å². The first-order chi connectivity index (χ1) is 9.20. The van der Waals surface area contributed by atoms with Crippen LogP contribution in [-0.4, -0.2) is 20.0 Å². The Morgan fingerprint density at radius 1 is 1.32 bits per heavy atom. The summed E-state index contributed by atoms with van der Waals surface area (Å²) in [5.41, 5.74) is 0.378. The zero-order valence-corrected chi connectivity index (χ0v) is 9.89. The lowest BCUT2D eigenvalue weighted by molar-refractivity contribution is -0.386. The molecule has 2 aromatic rings. The van der Waals surface area contributed by atoms with Gasteiger partial charge in [0.15, 0.2) is 11.6 Å². The fraction of sp³-hybridized carbons (Fsp3) is 0.167. The second-order valence-electron chi connectivity index (χ2n) is 3.67. The van der Waals surface area contributed by atoms with Gasteiger partial charge in [0.05, 0.1) is 11.5 Å². The first-order valence-corrected chi connectivity index (χ1v) is 5.47. The Labute approximate surface area is 108 Å². The quantitative estimate of drug-likeness (QED) is 0.646. The van der Waals surface area contributed by atoms with E-state index in [0.29, 0.717) is 11.4 Å². The van der Waals surface area contributed by atoms with Gasteiger partial charge in [-0.25, -0.2) is 9.97 Å². The molecule has 0 atom stereocenters. The minimum absolute atomic E-state index is 0.0244. The second-order valence-corrected chi connectivity index (χ2v) is 3.67. The molecular weight excluding hydrogens is 250 g/mol. The zero-order chi connectivity index (χ0) is 13.7. The molecule has 98 valence electrons. The molecule has 0 unspecified atom stereocenters. The Bertz CT molecular complexity index is 574. The average Bonchev–Trinajstić information content (AvgIpc) is 2.45. The summed E-state index contributed by atoms with van der Waals surface area (Å²) in [5.74, 6) is 0.509. The van der Waals surface area contributed by atoms with Crippen LogP contribution in [0.5, 0.6) is 5.75 Å². The van der Waals surface area contributed by atoms with E-state index in [9.17, 15) is 10.1 Å². The molecule has 2 rings (SSSR count). The lowest BCUT2D eigenvalue weighted by atomic mass is 10.2. The molecule has 1 N–H and O–H groups in total. The molecule has 0 aliphatic rings. The summed E-state index contributed by atoms with van der Waals surface area (Å²) < 4.78 is 5.35. The Balaban J connectivity index is 2.20. The van der Waals surface area contributed by atoms with Gasteiger partial charge in [0.1, 0.15) is 6.61 Å². The molecule has 1 aromatic carbocycles. The van der Waals surface area contributed by atoms with Crippen LogP contribution in [0.1, 0.15) is 11.4 Å².